The van der Waals surface area contributed by atoms with Gasteiger partial charge in [0.15, 0.2) is 6.61 Å². The lowest BCUT2D eigenvalue weighted by molar-refractivity contribution is -0.139. The van der Waals surface area contributed by atoms with Crippen LogP contribution in [0.2, 0.25) is 0 Å². The lowest BCUT2D eigenvalue weighted by Gasteiger charge is -2.38. The number of nitrogens with one attached hydrogen (secondary N) is 3. The number of benzene rings is 2. The number of halogens is 1. The number of hydrogen-bond acceptors (Lipinski definition) is 5. The molecule has 0 spiro atoms. The zero-order chi connectivity index (χ0) is 20.9. The van der Waals surface area contributed by atoms with Gasteiger partial charge in [0.2, 0.25) is 0 Å². The molecule has 2 aromatic carbocycles. The highest BCUT2D eigenvalue weighted by molar-refractivity contribution is 9.10. The molecule has 0 radical (unpaired) electrons. The number of aliphatic carboxylic acids is 1. The van der Waals surface area contributed by atoms with E-state index in [0.717, 1.165) is 18.7 Å². The Labute approximate surface area is 177 Å². The topological polar surface area (TPSA) is 112 Å². The van der Waals surface area contributed by atoms with E-state index in [2.05, 4.69) is 26.6 Å². The standard InChI is InChI=1S/C21H22BrN3O4/c22-15-6-7-17(29-13-18(26)27)16(12-15)19(28)25-20(23)21(8-10-24-11-9-21)14-4-2-1-3-5-14/h1-7,12,24H,8-11,13H2,(H,26,27)(H2,23,25,28). The molecule has 7 nitrogen and oxygen atoms in total. The maximum atomic E-state index is 13.0. The summed E-state index contributed by atoms with van der Waals surface area (Å²) in [5, 5.41) is 23.6. The number of amides is 1. The second kappa shape index (κ2) is 9.19. The van der Waals surface area contributed by atoms with Gasteiger partial charge in [0.05, 0.1) is 11.0 Å². The minimum atomic E-state index is -1.13. The van der Waals surface area contributed by atoms with Crippen LogP contribution in [0.4, 0.5) is 0 Å². The normalized spacial score (nSPS) is 15.3. The van der Waals surface area contributed by atoms with Gasteiger partial charge in [-0.2, -0.15) is 0 Å². The van der Waals surface area contributed by atoms with Crippen molar-refractivity contribution in [1.82, 2.24) is 10.6 Å². The molecule has 1 saturated heterocycles. The molecule has 1 aliphatic rings. The van der Waals surface area contributed by atoms with Crippen LogP contribution in [-0.2, 0) is 10.2 Å². The summed E-state index contributed by atoms with van der Waals surface area (Å²) in [6.45, 7) is 0.937. The predicted octanol–water partition coefficient (Wildman–Crippen LogP) is 2.94. The van der Waals surface area contributed by atoms with Gasteiger partial charge in [0.1, 0.15) is 11.6 Å². The van der Waals surface area contributed by atoms with Crippen molar-refractivity contribution >= 4 is 33.6 Å². The third-order valence-corrected chi connectivity index (χ3v) is 5.53. The number of carboxylic acids is 1. The maximum absolute atomic E-state index is 13.0. The maximum Gasteiger partial charge on any atom is 0.341 e. The molecular weight excluding hydrogens is 438 g/mol. The Bertz CT molecular complexity index is 911. The molecule has 0 bridgehead atoms. The van der Waals surface area contributed by atoms with Gasteiger partial charge in [0.25, 0.3) is 5.91 Å². The average Bonchev–Trinajstić information content (AvgIpc) is 2.73. The fraction of sp³-hybridized carbons (Fsp3) is 0.286. The van der Waals surface area contributed by atoms with Gasteiger partial charge in [-0.05, 0) is 49.7 Å². The van der Waals surface area contributed by atoms with Crippen molar-refractivity contribution in [2.75, 3.05) is 19.7 Å². The highest BCUT2D eigenvalue weighted by Crippen LogP contribution is 2.34. The predicted molar refractivity (Wildman–Crippen MR) is 113 cm³/mol. The summed E-state index contributed by atoms with van der Waals surface area (Å²) < 4.78 is 5.90. The van der Waals surface area contributed by atoms with Crippen molar-refractivity contribution < 1.29 is 19.4 Å². The number of rotatable bonds is 6. The summed E-state index contributed by atoms with van der Waals surface area (Å²) in [5.74, 6) is -1.37. The smallest absolute Gasteiger partial charge is 0.341 e. The third-order valence-electron chi connectivity index (χ3n) is 5.04. The van der Waals surface area contributed by atoms with Crippen LogP contribution in [0.1, 0.15) is 28.8 Å². The van der Waals surface area contributed by atoms with E-state index < -0.39 is 23.9 Å². The number of ether oxygens (including phenoxy) is 1. The Hall–Kier alpha value is -2.71. The average molecular weight is 460 g/mol. The second-order valence-electron chi connectivity index (χ2n) is 6.85. The fourth-order valence-corrected chi connectivity index (χ4v) is 3.90. The summed E-state index contributed by atoms with van der Waals surface area (Å²) in [6.07, 6.45) is 1.38. The monoisotopic (exact) mass is 459 g/mol. The zero-order valence-corrected chi connectivity index (χ0v) is 17.3. The van der Waals surface area contributed by atoms with E-state index in [0.29, 0.717) is 17.3 Å². The molecule has 1 fully saturated rings. The number of carboxylic acid groups (broad SMARTS) is 1. The molecule has 8 heteroatoms. The second-order valence-corrected chi connectivity index (χ2v) is 7.77. The Kier molecular flexibility index (Phi) is 6.66. The molecule has 0 unspecified atom stereocenters. The van der Waals surface area contributed by atoms with E-state index in [-0.39, 0.29) is 17.1 Å². The Morgan fingerprint density at radius 2 is 1.86 bits per heavy atom. The Balaban J connectivity index is 1.86. The number of amidine groups is 1. The molecule has 0 aliphatic carbocycles. The van der Waals surface area contributed by atoms with E-state index in [1.54, 1.807) is 12.1 Å². The van der Waals surface area contributed by atoms with Gasteiger partial charge < -0.3 is 20.5 Å². The highest BCUT2D eigenvalue weighted by atomic mass is 79.9. The lowest BCUT2D eigenvalue weighted by Crippen LogP contribution is -2.51. The summed E-state index contributed by atoms with van der Waals surface area (Å²) in [6, 6.07) is 14.5. The summed E-state index contributed by atoms with van der Waals surface area (Å²) >= 11 is 3.32. The SMILES string of the molecule is N=C(NC(=O)c1cc(Br)ccc1OCC(=O)O)C1(c2ccccc2)CCNCC1. The van der Waals surface area contributed by atoms with Crippen LogP contribution in [0.3, 0.4) is 0 Å². The van der Waals surface area contributed by atoms with Crippen LogP contribution >= 0.6 is 15.9 Å². The molecule has 0 atom stereocenters. The zero-order valence-electron chi connectivity index (χ0n) is 15.7. The first-order chi connectivity index (χ1) is 13.9. The van der Waals surface area contributed by atoms with Crippen molar-refractivity contribution in [3.8, 4) is 5.75 Å². The molecule has 4 N–H and O–H groups in total. The largest absolute Gasteiger partial charge is 0.481 e. The van der Waals surface area contributed by atoms with Crippen LogP contribution in [0.5, 0.6) is 5.75 Å². The molecule has 152 valence electrons. The van der Waals surface area contributed by atoms with Gasteiger partial charge in [-0.3, -0.25) is 10.2 Å². The van der Waals surface area contributed by atoms with Crippen LogP contribution in [0.25, 0.3) is 0 Å². The molecule has 1 amide bonds. The molecule has 1 heterocycles. The van der Waals surface area contributed by atoms with E-state index >= 15 is 0 Å². The van der Waals surface area contributed by atoms with E-state index in [1.807, 2.05) is 30.3 Å². The molecule has 1 aliphatic heterocycles. The molecule has 0 aromatic heterocycles. The van der Waals surface area contributed by atoms with E-state index in [4.69, 9.17) is 15.3 Å². The fourth-order valence-electron chi connectivity index (χ4n) is 3.54. The first kappa shape index (κ1) is 21.0. The molecular formula is C21H22BrN3O4. The summed E-state index contributed by atoms with van der Waals surface area (Å²) in [4.78, 5) is 23.8. The van der Waals surface area contributed by atoms with Crippen molar-refractivity contribution in [2.24, 2.45) is 0 Å². The Morgan fingerprint density at radius 3 is 2.52 bits per heavy atom. The van der Waals surface area contributed by atoms with Crippen molar-refractivity contribution in [1.29, 1.82) is 5.41 Å². The summed E-state index contributed by atoms with van der Waals surface area (Å²) in [7, 11) is 0. The minimum absolute atomic E-state index is 0.124. The molecule has 2 aromatic rings. The van der Waals surface area contributed by atoms with Crippen molar-refractivity contribution in [3.63, 3.8) is 0 Å². The van der Waals surface area contributed by atoms with Gasteiger partial charge in [0, 0.05) is 4.47 Å². The van der Waals surface area contributed by atoms with Gasteiger partial charge in [-0.25, -0.2) is 4.79 Å². The Morgan fingerprint density at radius 1 is 1.17 bits per heavy atom. The minimum Gasteiger partial charge on any atom is -0.481 e. The van der Waals surface area contributed by atoms with Gasteiger partial charge in [-0.1, -0.05) is 46.3 Å². The van der Waals surface area contributed by atoms with Gasteiger partial charge in [-0.15, -0.1) is 0 Å². The van der Waals surface area contributed by atoms with E-state index in [1.165, 1.54) is 6.07 Å². The quantitative estimate of drug-likeness (QED) is 0.391. The van der Waals surface area contributed by atoms with Gasteiger partial charge >= 0.3 is 5.97 Å². The molecule has 0 saturated carbocycles. The number of carbonyl (C=O) groups is 2. The number of piperidine rings is 1. The first-order valence-corrected chi connectivity index (χ1v) is 10.0. The van der Waals surface area contributed by atoms with E-state index in [9.17, 15) is 9.59 Å². The number of carbonyl (C=O) groups excluding carboxylic acids is 1. The number of hydrogen-bond donors (Lipinski definition) is 4. The van der Waals surface area contributed by atoms with Crippen LogP contribution in [0.15, 0.2) is 53.0 Å². The molecule has 29 heavy (non-hydrogen) atoms. The highest BCUT2D eigenvalue weighted by Gasteiger charge is 2.39. The van der Waals surface area contributed by atoms with Crippen LogP contribution in [-0.4, -0.2) is 42.5 Å². The van der Waals surface area contributed by atoms with Crippen LogP contribution in [0, 0.1) is 5.41 Å². The van der Waals surface area contributed by atoms with Crippen LogP contribution < -0.4 is 15.4 Å². The van der Waals surface area contributed by atoms with Crippen molar-refractivity contribution in [3.05, 3.63) is 64.1 Å². The summed E-state index contributed by atoms with van der Waals surface area (Å²) in [5.41, 5.74) is 0.571. The first-order valence-electron chi connectivity index (χ1n) is 9.23. The lowest BCUT2D eigenvalue weighted by atomic mass is 9.72. The molecule has 3 rings (SSSR count). The van der Waals surface area contributed by atoms with Crippen molar-refractivity contribution in [2.45, 2.75) is 18.3 Å². The third kappa shape index (κ3) is 4.83.